The minimum absolute atomic E-state index is 0.511. The monoisotopic (exact) mass is 202 g/mol. The highest BCUT2D eigenvalue weighted by molar-refractivity contribution is 7.09. The van der Waals surface area contributed by atoms with E-state index in [0.29, 0.717) is 18.8 Å². The lowest BCUT2D eigenvalue weighted by Gasteiger charge is -2.05. The van der Waals surface area contributed by atoms with Crippen molar-refractivity contribution < 1.29 is 9.84 Å². The molecule has 0 aromatic carbocycles. The Hall–Kier alpha value is -0.490. The molecule has 1 atom stereocenters. The van der Waals surface area contributed by atoms with Gasteiger partial charge in [0.05, 0.1) is 12.3 Å². The normalized spacial score (nSPS) is 13.2. The van der Waals surface area contributed by atoms with Gasteiger partial charge in [-0.2, -0.15) is 0 Å². The number of aromatic nitrogens is 1. The highest BCUT2D eigenvalue weighted by Gasteiger charge is 2.10. The third kappa shape index (κ3) is 3.04. The summed E-state index contributed by atoms with van der Waals surface area (Å²) in [7, 11) is 3.43. The van der Waals surface area contributed by atoms with Crippen LogP contribution in [-0.2, 0) is 11.3 Å². The molecule has 0 fully saturated rings. The maximum absolute atomic E-state index is 9.54. The third-order valence-electron chi connectivity index (χ3n) is 1.58. The second kappa shape index (κ2) is 5.29. The van der Waals surface area contributed by atoms with Crippen LogP contribution in [0.4, 0.5) is 0 Å². The molecule has 0 aliphatic rings. The first-order chi connectivity index (χ1) is 6.27. The fourth-order valence-electron chi connectivity index (χ4n) is 0.966. The van der Waals surface area contributed by atoms with Gasteiger partial charge in [0.1, 0.15) is 11.1 Å². The maximum atomic E-state index is 9.54. The van der Waals surface area contributed by atoms with Gasteiger partial charge in [-0.15, -0.1) is 11.3 Å². The van der Waals surface area contributed by atoms with Crippen LogP contribution >= 0.6 is 11.3 Å². The van der Waals surface area contributed by atoms with Crippen molar-refractivity contribution in [2.75, 3.05) is 20.7 Å². The molecule has 0 aliphatic heterocycles. The number of likely N-dealkylation sites (N-methyl/N-ethyl adjacent to an activating group) is 1. The summed E-state index contributed by atoms with van der Waals surface area (Å²) in [6.45, 7) is 1.03. The summed E-state index contributed by atoms with van der Waals surface area (Å²) >= 11 is 1.50. The van der Waals surface area contributed by atoms with E-state index in [9.17, 15) is 5.11 Å². The number of methoxy groups -OCH3 is 1. The van der Waals surface area contributed by atoms with Gasteiger partial charge in [0, 0.05) is 19.0 Å². The fourth-order valence-corrected chi connectivity index (χ4v) is 1.78. The molecule has 1 heterocycles. The molecule has 13 heavy (non-hydrogen) atoms. The average Bonchev–Trinajstić information content (AvgIpc) is 2.54. The van der Waals surface area contributed by atoms with Crippen molar-refractivity contribution >= 4 is 11.3 Å². The van der Waals surface area contributed by atoms with Crippen LogP contribution < -0.4 is 5.32 Å². The van der Waals surface area contributed by atoms with Crippen molar-refractivity contribution in [3.05, 3.63) is 16.1 Å². The number of nitrogens with one attached hydrogen (secondary N) is 1. The number of ether oxygens (including phenoxy) is 1. The molecular weight excluding hydrogens is 188 g/mol. The molecule has 0 amide bonds. The Morgan fingerprint density at radius 2 is 2.54 bits per heavy atom. The predicted octanol–water partition coefficient (Wildman–Crippen LogP) is 0.542. The largest absolute Gasteiger partial charge is 0.385 e. The van der Waals surface area contributed by atoms with Crippen LogP contribution in [0.25, 0.3) is 0 Å². The van der Waals surface area contributed by atoms with Crippen molar-refractivity contribution in [2.45, 2.75) is 12.7 Å². The van der Waals surface area contributed by atoms with Crippen molar-refractivity contribution in [2.24, 2.45) is 0 Å². The van der Waals surface area contributed by atoms with Gasteiger partial charge in [-0.3, -0.25) is 0 Å². The zero-order valence-corrected chi connectivity index (χ0v) is 8.60. The maximum Gasteiger partial charge on any atom is 0.119 e. The van der Waals surface area contributed by atoms with E-state index in [1.54, 1.807) is 14.2 Å². The molecule has 1 rings (SSSR count). The van der Waals surface area contributed by atoms with Crippen molar-refractivity contribution in [1.82, 2.24) is 10.3 Å². The average molecular weight is 202 g/mol. The molecule has 0 aliphatic carbocycles. The molecular formula is C8H14N2O2S. The second-order valence-electron chi connectivity index (χ2n) is 2.67. The lowest BCUT2D eigenvalue weighted by molar-refractivity contribution is 0.169. The first-order valence-corrected chi connectivity index (χ1v) is 4.91. The van der Waals surface area contributed by atoms with E-state index in [4.69, 9.17) is 4.74 Å². The van der Waals surface area contributed by atoms with E-state index in [2.05, 4.69) is 10.3 Å². The minimum atomic E-state index is -0.521. The highest BCUT2D eigenvalue weighted by atomic mass is 32.1. The zero-order valence-electron chi connectivity index (χ0n) is 7.78. The van der Waals surface area contributed by atoms with Gasteiger partial charge >= 0.3 is 0 Å². The van der Waals surface area contributed by atoms with E-state index in [0.717, 1.165) is 5.01 Å². The number of aliphatic hydroxyl groups is 1. The molecule has 74 valence electrons. The Morgan fingerprint density at radius 3 is 3.15 bits per heavy atom. The summed E-state index contributed by atoms with van der Waals surface area (Å²) < 4.78 is 4.93. The summed E-state index contributed by atoms with van der Waals surface area (Å²) in [5.41, 5.74) is 0.714. The van der Waals surface area contributed by atoms with Gasteiger partial charge in [-0.25, -0.2) is 4.98 Å². The number of rotatable bonds is 5. The Morgan fingerprint density at radius 1 is 1.77 bits per heavy atom. The predicted molar refractivity (Wildman–Crippen MR) is 51.7 cm³/mol. The van der Waals surface area contributed by atoms with Gasteiger partial charge < -0.3 is 15.2 Å². The molecule has 4 nitrogen and oxygen atoms in total. The van der Waals surface area contributed by atoms with Crippen molar-refractivity contribution in [3.63, 3.8) is 0 Å². The SMILES string of the molecule is CNCC(O)c1csc(COC)n1. The van der Waals surface area contributed by atoms with E-state index >= 15 is 0 Å². The Kier molecular flexibility index (Phi) is 4.31. The van der Waals surface area contributed by atoms with E-state index < -0.39 is 6.10 Å². The van der Waals surface area contributed by atoms with Crippen LogP contribution in [0.1, 0.15) is 16.8 Å². The van der Waals surface area contributed by atoms with Crippen LogP contribution in [0.15, 0.2) is 5.38 Å². The van der Waals surface area contributed by atoms with Gasteiger partial charge in [-0.1, -0.05) is 0 Å². The fraction of sp³-hybridized carbons (Fsp3) is 0.625. The number of hydrogen-bond acceptors (Lipinski definition) is 5. The van der Waals surface area contributed by atoms with Gasteiger partial charge in [0.2, 0.25) is 0 Å². The van der Waals surface area contributed by atoms with E-state index in [1.165, 1.54) is 11.3 Å². The quantitative estimate of drug-likeness (QED) is 0.732. The summed E-state index contributed by atoms with van der Waals surface area (Å²) in [5, 5.41) is 15.2. The lowest BCUT2D eigenvalue weighted by atomic mass is 10.3. The summed E-state index contributed by atoms with van der Waals surface area (Å²) in [4.78, 5) is 4.22. The van der Waals surface area contributed by atoms with Crippen molar-refractivity contribution in [3.8, 4) is 0 Å². The molecule has 1 unspecified atom stereocenters. The number of thiazole rings is 1. The van der Waals surface area contributed by atoms with Gasteiger partial charge in [0.15, 0.2) is 0 Å². The second-order valence-corrected chi connectivity index (χ2v) is 3.62. The smallest absolute Gasteiger partial charge is 0.119 e. The topological polar surface area (TPSA) is 54.4 Å². The third-order valence-corrected chi connectivity index (χ3v) is 2.42. The summed E-state index contributed by atoms with van der Waals surface area (Å²) in [5.74, 6) is 0. The molecule has 2 N–H and O–H groups in total. The van der Waals surface area contributed by atoms with Gasteiger partial charge in [0.25, 0.3) is 0 Å². The molecule has 0 spiro atoms. The molecule has 5 heteroatoms. The molecule has 0 saturated heterocycles. The first kappa shape index (κ1) is 10.6. The lowest BCUT2D eigenvalue weighted by Crippen LogP contribution is -2.16. The van der Waals surface area contributed by atoms with Crippen LogP contribution in [0.5, 0.6) is 0 Å². The molecule has 0 bridgehead atoms. The summed E-state index contributed by atoms with van der Waals surface area (Å²) in [6, 6.07) is 0. The summed E-state index contributed by atoms with van der Waals surface area (Å²) in [6.07, 6.45) is -0.521. The number of nitrogens with zero attached hydrogens (tertiary/aromatic N) is 1. The van der Waals surface area contributed by atoms with Crippen LogP contribution in [0.2, 0.25) is 0 Å². The Labute approximate surface area is 81.6 Å². The van der Waals surface area contributed by atoms with E-state index in [1.807, 2.05) is 5.38 Å². The van der Waals surface area contributed by atoms with Crippen molar-refractivity contribution in [1.29, 1.82) is 0 Å². The van der Waals surface area contributed by atoms with E-state index in [-0.39, 0.29) is 0 Å². The number of hydrogen-bond donors (Lipinski definition) is 2. The van der Waals surface area contributed by atoms with Crippen LogP contribution in [-0.4, -0.2) is 30.8 Å². The standard InChI is InChI=1S/C8H14N2O2S/c1-9-3-7(11)6-5-13-8(10-6)4-12-2/h5,7,9,11H,3-4H2,1-2H3. The van der Waals surface area contributed by atoms with Gasteiger partial charge in [-0.05, 0) is 7.05 Å². The molecule has 1 aromatic heterocycles. The zero-order chi connectivity index (χ0) is 9.68. The van der Waals surface area contributed by atoms with Crippen LogP contribution in [0, 0.1) is 0 Å². The first-order valence-electron chi connectivity index (χ1n) is 4.03. The molecule has 0 radical (unpaired) electrons. The molecule has 1 aromatic rings. The Balaban J connectivity index is 2.56. The molecule has 0 saturated carbocycles. The number of aliphatic hydroxyl groups excluding tert-OH is 1. The minimum Gasteiger partial charge on any atom is -0.385 e. The highest BCUT2D eigenvalue weighted by Crippen LogP contribution is 2.16. The van der Waals surface area contributed by atoms with Crippen LogP contribution in [0.3, 0.4) is 0 Å². The Bertz CT molecular complexity index is 252.